The lowest BCUT2D eigenvalue weighted by Crippen LogP contribution is -2.53. The van der Waals surface area contributed by atoms with E-state index in [1.54, 1.807) is 11.1 Å². The Balaban J connectivity index is 1.70. The number of aliphatic hydroxyl groups is 1. The second-order valence-electron chi connectivity index (χ2n) is 9.49. The van der Waals surface area contributed by atoms with Crippen LogP contribution in [0.5, 0.6) is 0 Å². The van der Waals surface area contributed by atoms with Crippen LogP contribution in [0.2, 0.25) is 0 Å². The Labute approximate surface area is 147 Å². The van der Waals surface area contributed by atoms with Crippen molar-refractivity contribution < 1.29 is 9.84 Å². The van der Waals surface area contributed by atoms with Crippen LogP contribution < -0.4 is 0 Å². The van der Waals surface area contributed by atoms with Crippen molar-refractivity contribution in [3.63, 3.8) is 0 Å². The number of hydrogen-bond acceptors (Lipinski definition) is 2. The van der Waals surface area contributed by atoms with E-state index in [1.807, 2.05) is 7.11 Å². The van der Waals surface area contributed by atoms with Gasteiger partial charge in [-0.1, -0.05) is 31.9 Å². The lowest BCUT2D eigenvalue weighted by molar-refractivity contribution is -0.0922. The molecule has 4 rings (SSSR count). The number of allylic oxidation sites excluding steroid dienone is 3. The molecule has 4 aliphatic carbocycles. The summed E-state index contributed by atoms with van der Waals surface area (Å²) in [6.45, 7) is 7.94. The van der Waals surface area contributed by atoms with Gasteiger partial charge in [0.1, 0.15) is 0 Å². The van der Waals surface area contributed by atoms with Crippen LogP contribution in [-0.2, 0) is 4.74 Å². The molecule has 0 amide bonds. The fourth-order valence-electron chi connectivity index (χ4n) is 7.42. The van der Waals surface area contributed by atoms with Crippen LogP contribution in [0.4, 0.5) is 0 Å². The van der Waals surface area contributed by atoms with Gasteiger partial charge < -0.3 is 9.84 Å². The van der Waals surface area contributed by atoms with Gasteiger partial charge in [0.05, 0.1) is 12.9 Å². The number of rotatable bonds is 2. The van der Waals surface area contributed by atoms with E-state index in [9.17, 15) is 5.11 Å². The van der Waals surface area contributed by atoms with E-state index in [-0.39, 0.29) is 0 Å². The van der Waals surface area contributed by atoms with Crippen molar-refractivity contribution in [2.75, 3.05) is 13.7 Å². The largest absolute Gasteiger partial charge is 0.501 e. The number of methoxy groups -OCH3 is 1. The van der Waals surface area contributed by atoms with Gasteiger partial charge in [-0.05, 0) is 79.1 Å². The summed E-state index contributed by atoms with van der Waals surface area (Å²) in [6, 6.07) is 0. The first kappa shape index (κ1) is 16.7. The van der Waals surface area contributed by atoms with Crippen LogP contribution in [0.25, 0.3) is 0 Å². The Morgan fingerprint density at radius 1 is 1.21 bits per heavy atom. The summed E-state index contributed by atoms with van der Waals surface area (Å²) >= 11 is 0. The molecular weight excluding hydrogens is 296 g/mol. The van der Waals surface area contributed by atoms with E-state index in [0.29, 0.717) is 23.4 Å². The average molecular weight is 331 g/mol. The molecule has 2 heteroatoms. The SMILES string of the molecule is COC1=CCC2=C(C1)C[C@@H](C)[C@@H]1[C@@H]2CC[C@]2(C)[C@@H](CO)CC[C@]12C. The zero-order valence-electron chi connectivity index (χ0n) is 15.9. The highest BCUT2D eigenvalue weighted by Gasteiger charge is 2.63. The van der Waals surface area contributed by atoms with Gasteiger partial charge in [-0.15, -0.1) is 0 Å². The first-order chi connectivity index (χ1) is 11.4. The molecule has 2 fully saturated rings. The predicted octanol–water partition coefficient (Wildman–Crippen LogP) is 5.09. The number of hydrogen-bond donors (Lipinski definition) is 1. The summed E-state index contributed by atoms with van der Waals surface area (Å²) in [5, 5.41) is 9.96. The van der Waals surface area contributed by atoms with Gasteiger partial charge in [-0.25, -0.2) is 0 Å². The molecule has 1 N–H and O–H groups in total. The van der Waals surface area contributed by atoms with Gasteiger partial charge >= 0.3 is 0 Å². The summed E-state index contributed by atoms with van der Waals surface area (Å²) in [7, 11) is 1.81. The molecular formula is C22H34O2. The maximum absolute atomic E-state index is 9.96. The topological polar surface area (TPSA) is 29.5 Å². The van der Waals surface area contributed by atoms with E-state index in [4.69, 9.17) is 4.74 Å². The quantitative estimate of drug-likeness (QED) is 0.715. The molecule has 0 aromatic carbocycles. The standard InChI is InChI=1S/C22H34O2/c1-14-11-15-12-17(24-4)5-6-18(15)19-8-10-21(2)16(13-23)7-9-22(21,3)20(14)19/h5,14,16,19-20,23H,6-13H2,1-4H3/t14-,16-,19-,20-,21-,22-/m1/s1. The molecule has 24 heavy (non-hydrogen) atoms. The highest BCUT2D eigenvalue weighted by atomic mass is 16.5. The third kappa shape index (κ3) is 2.04. The minimum absolute atomic E-state index is 0.331. The summed E-state index contributed by atoms with van der Waals surface area (Å²) in [4.78, 5) is 0. The zero-order valence-corrected chi connectivity index (χ0v) is 15.9. The molecule has 0 unspecified atom stereocenters. The minimum Gasteiger partial charge on any atom is -0.501 e. The maximum Gasteiger partial charge on any atom is 0.0959 e. The number of fused-ring (bicyclic) bond motifs is 4. The van der Waals surface area contributed by atoms with E-state index in [1.165, 1.54) is 37.9 Å². The Kier molecular flexibility index (Phi) is 3.91. The van der Waals surface area contributed by atoms with Crippen molar-refractivity contribution >= 4 is 0 Å². The summed E-state index contributed by atoms with van der Waals surface area (Å²) in [6.07, 6.45) is 10.9. The smallest absolute Gasteiger partial charge is 0.0959 e. The van der Waals surface area contributed by atoms with Crippen molar-refractivity contribution in [2.45, 2.75) is 65.7 Å². The third-order valence-corrected chi connectivity index (χ3v) is 8.86. The molecule has 0 aliphatic heterocycles. The normalized spacial score (nSPS) is 47.6. The molecule has 0 aromatic rings. The molecule has 0 spiro atoms. The molecule has 0 aromatic heterocycles. The fourth-order valence-corrected chi connectivity index (χ4v) is 7.42. The first-order valence-corrected chi connectivity index (χ1v) is 9.99. The van der Waals surface area contributed by atoms with Crippen LogP contribution in [0.1, 0.15) is 65.7 Å². The van der Waals surface area contributed by atoms with Gasteiger partial charge in [-0.3, -0.25) is 0 Å². The average Bonchev–Trinajstić information content (AvgIpc) is 2.84. The predicted molar refractivity (Wildman–Crippen MR) is 97.4 cm³/mol. The Morgan fingerprint density at radius 2 is 1.96 bits per heavy atom. The van der Waals surface area contributed by atoms with Gasteiger partial charge in [-0.2, -0.15) is 0 Å². The maximum atomic E-state index is 9.96. The second-order valence-corrected chi connectivity index (χ2v) is 9.49. The molecule has 4 aliphatic rings. The molecule has 134 valence electrons. The highest BCUT2D eigenvalue weighted by Crippen LogP contribution is 2.70. The van der Waals surface area contributed by atoms with Crippen molar-refractivity contribution in [3.8, 4) is 0 Å². The monoisotopic (exact) mass is 330 g/mol. The minimum atomic E-state index is 0.331. The van der Waals surface area contributed by atoms with Crippen molar-refractivity contribution in [1.82, 2.24) is 0 Å². The van der Waals surface area contributed by atoms with E-state index in [2.05, 4.69) is 26.8 Å². The Morgan fingerprint density at radius 3 is 2.67 bits per heavy atom. The summed E-state index contributed by atoms with van der Waals surface area (Å²) < 4.78 is 5.54. The van der Waals surface area contributed by atoms with E-state index < -0.39 is 0 Å². The van der Waals surface area contributed by atoms with Crippen molar-refractivity contribution in [2.24, 2.45) is 34.5 Å². The molecule has 0 heterocycles. The summed E-state index contributed by atoms with van der Waals surface area (Å²) in [5.74, 6) is 4.01. The third-order valence-electron chi connectivity index (χ3n) is 8.86. The molecule has 2 nitrogen and oxygen atoms in total. The van der Waals surface area contributed by atoms with Crippen molar-refractivity contribution in [1.29, 1.82) is 0 Å². The Bertz CT molecular complexity index is 589. The van der Waals surface area contributed by atoms with Crippen LogP contribution in [0.3, 0.4) is 0 Å². The molecule has 2 saturated carbocycles. The summed E-state index contributed by atoms with van der Waals surface area (Å²) in [5.41, 5.74) is 4.17. The van der Waals surface area contributed by atoms with Crippen LogP contribution in [0, 0.1) is 34.5 Å². The fraction of sp³-hybridized carbons (Fsp3) is 0.818. The molecule has 0 saturated heterocycles. The van der Waals surface area contributed by atoms with Gasteiger partial charge in [0.2, 0.25) is 0 Å². The number of ether oxygens (including phenoxy) is 1. The van der Waals surface area contributed by atoms with Crippen molar-refractivity contribution in [3.05, 3.63) is 23.0 Å². The lowest BCUT2D eigenvalue weighted by atomic mass is 9.45. The van der Waals surface area contributed by atoms with E-state index in [0.717, 1.165) is 30.6 Å². The lowest BCUT2D eigenvalue weighted by Gasteiger charge is -2.60. The highest BCUT2D eigenvalue weighted by molar-refractivity contribution is 5.34. The molecule has 0 radical (unpaired) electrons. The van der Waals surface area contributed by atoms with Crippen LogP contribution in [-0.4, -0.2) is 18.8 Å². The van der Waals surface area contributed by atoms with Gasteiger partial charge in [0.25, 0.3) is 0 Å². The van der Waals surface area contributed by atoms with Crippen LogP contribution in [0.15, 0.2) is 23.0 Å². The molecule has 0 bridgehead atoms. The first-order valence-electron chi connectivity index (χ1n) is 9.99. The van der Waals surface area contributed by atoms with Gasteiger partial charge in [0.15, 0.2) is 0 Å². The van der Waals surface area contributed by atoms with Gasteiger partial charge in [0, 0.05) is 13.0 Å². The van der Waals surface area contributed by atoms with Crippen LogP contribution >= 0.6 is 0 Å². The zero-order chi connectivity index (χ0) is 17.1. The Hall–Kier alpha value is -0.760. The van der Waals surface area contributed by atoms with E-state index >= 15 is 0 Å². The number of aliphatic hydroxyl groups excluding tert-OH is 1. The molecule has 6 atom stereocenters. The second kappa shape index (κ2) is 5.62.